The standard InChI is InChI=1S/C16H17BrO/c1-12-7-8-16(18)15(11-12)14(9-10-17)13-5-3-2-4-6-13/h2-8,11,14,18H,9-10H2,1H3. The predicted octanol–water partition coefficient (Wildman–Crippen LogP) is 4.62. The summed E-state index contributed by atoms with van der Waals surface area (Å²) in [6.45, 7) is 2.05. The van der Waals surface area contributed by atoms with Gasteiger partial charge < -0.3 is 5.11 Å². The second-order valence-electron chi connectivity index (χ2n) is 4.50. The maximum Gasteiger partial charge on any atom is 0.119 e. The molecule has 0 amide bonds. The number of aromatic hydroxyl groups is 1. The molecule has 1 nitrogen and oxygen atoms in total. The number of aryl methyl sites for hydroxylation is 1. The molecular weight excluding hydrogens is 288 g/mol. The monoisotopic (exact) mass is 304 g/mol. The molecule has 0 aliphatic heterocycles. The summed E-state index contributed by atoms with van der Waals surface area (Å²) in [6, 6.07) is 16.2. The van der Waals surface area contributed by atoms with Gasteiger partial charge in [-0.1, -0.05) is 64.0 Å². The van der Waals surface area contributed by atoms with Crippen LogP contribution in [0.15, 0.2) is 48.5 Å². The molecule has 0 spiro atoms. The molecule has 0 radical (unpaired) electrons. The molecule has 18 heavy (non-hydrogen) atoms. The van der Waals surface area contributed by atoms with E-state index in [1.807, 2.05) is 24.3 Å². The Morgan fingerprint density at radius 3 is 2.50 bits per heavy atom. The van der Waals surface area contributed by atoms with Crippen molar-refractivity contribution < 1.29 is 5.11 Å². The van der Waals surface area contributed by atoms with Crippen LogP contribution < -0.4 is 0 Å². The van der Waals surface area contributed by atoms with Crippen molar-refractivity contribution in [1.82, 2.24) is 0 Å². The summed E-state index contributed by atoms with van der Waals surface area (Å²) in [5.41, 5.74) is 3.44. The van der Waals surface area contributed by atoms with Crippen LogP contribution in [-0.2, 0) is 0 Å². The van der Waals surface area contributed by atoms with E-state index >= 15 is 0 Å². The van der Waals surface area contributed by atoms with Crippen LogP contribution in [0.1, 0.15) is 29.0 Å². The van der Waals surface area contributed by atoms with E-state index in [4.69, 9.17) is 0 Å². The number of phenolic OH excluding ortho intramolecular Hbond substituents is 1. The molecule has 2 aromatic rings. The highest BCUT2D eigenvalue weighted by atomic mass is 79.9. The maximum atomic E-state index is 10.1. The molecule has 2 aromatic carbocycles. The third-order valence-electron chi connectivity index (χ3n) is 3.16. The van der Waals surface area contributed by atoms with E-state index in [0.717, 1.165) is 17.3 Å². The molecule has 1 N–H and O–H groups in total. The van der Waals surface area contributed by atoms with E-state index in [1.54, 1.807) is 6.07 Å². The van der Waals surface area contributed by atoms with Crippen molar-refractivity contribution in [2.24, 2.45) is 0 Å². The molecule has 0 saturated carbocycles. The van der Waals surface area contributed by atoms with Crippen LogP contribution in [0.5, 0.6) is 5.75 Å². The lowest BCUT2D eigenvalue weighted by molar-refractivity contribution is 0.464. The third kappa shape index (κ3) is 2.94. The lowest BCUT2D eigenvalue weighted by Crippen LogP contribution is -2.02. The predicted molar refractivity (Wildman–Crippen MR) is 79.5 cm³/mol. The Hall–Kier alpha value is -1.28. The van der Waals surface area contributed by atoms with Crippen LogP contribution in [-0.4, -0.2) is 10.4 Å². The number of benzene rings is 2. The third-order valence-corrected chi connectivity index (χ3v) is 3.62. The first kappa shape index (κ1) is 13.2. The lowest BCUT2D eigenvalue weighted by atomic mass is 9.88. The van der Waals surface area contributed by atoms with E-state index in [-0.39, 0.29) is 5.92 Å². The molecule has 0 heterocycles. The van der Waals surface area contributed by atoms with Crippen LogP contribution in [0.25, 0.3) is 0 Å². The molecule has 2 rings (SSSR count). The number of hydrogen-bond acceptors (Lipinski definition) is 1. The van der Waals surface area contributed by atoms with Gasteiger partial charge in [-0.05, 0) is 25.0 Å². The quantitative estimate of drug-likeness (QED) is 0.817. The lowest BCUT2D eigenvalue weighted by Gasteiger charge is -2.18. The number of halogens is 1. The zero-order valence-electron chi connectivity index (χ0n) is 10.4. The Labute approximate surface area is 117 Å². The molecule has 0 fully saturated rings. The highest BCUT2D eigenvalue weighted by Crippen LogP contribution is 2.34. The SMILES string of the molecule is Cc1ccc(O)c(C(CCBr)c2ccccc2)c1. The maximum absolute atomic E-state index is 10.1. The Morgan fingerprint density at radius 2 is 1.83 bits per heavy atom. The van der Waals surface area contributed by atoms with Gasteiger partial charge in [-0.3, -0.25) is 0 Å². The molecule has 2 heteroatoms. The van der Waals surface area contributed by atoms with Crippen molar-refractivity contribution in [3.05, 3.63) is 65.2 Å². The fraction of sp³-hybridized carbons (Fsp3) is 0.250. The van der Waals surface area contributed by atoms with E-state index in [9.17, 15) is 5.11 Å². The van der Waals surface area contributed by atoms with Gasteiger partial charge in [0.2, 0.25) is 0 Å². The molecule has 1 unspecified atom stereocenters. The van der Waals surface area contributed by atoms with Crippen molar-refractivity contribution in [3.8, 4) is 5.75 Å². The van der Waals surface area contributed by atoms with E-state index < -0.39 is 0 Å². The molecule has 0 bridgehead atoms. The number of phenols is 1. The van der Waals surface area contributed by atoms with Crippen molar-refractivity contribution in [2.75, 3.05) is 5.33 Å². The first-order valence-electron chi connectivity index (χ1n) is 6.13. The molecule has 0 aromatic heterocycles. The first-order valence-corrected chi connectivity index (χ1v) is 7.25. The summed E-state index contributed by atoms with van der Waals surface area (Å²) in [5.74, 6) is 0.626. The summed E-state index contributed by atoms with van der Waals surface area (Å²) in [7, 11) is 0. The fourth-order valence-corrected chi connectivity index (χ4v) is 2.71. The summed E-state index contributed by atoms with van der Waals surface area (Å²) >= 11 is 3.51. The van der Waals surface area contributed by atoms with Gasteiger partial charge in [0.25, 0.3) is 0 Å². The highest BCUT2D eigenvalue weighted by Gasteiger charge is 2.16. The normalized spacial score (nSPS) is 12.3. The van der Waals surface area contributed by atoms with Crippen LogP contribution in [0.4, 0.5) is 0 Å². The molecule has 0 aliphatic rings. The minimum Gasteiger partial charge on any atom is -0.508 e. The summed E-state index contributed by atoms with van der Waals surface area (Å²) in [5, 5.41) is 11.0. The van der Waals surface area contributed by atoms with Gasteiger partial charge in [-0.15, -0.1) is 0 Å². The number of rotatable bonds is 4. The van der Waals surface area contributed by atoms with Crippen molar-refractivity contribution >= 4 is 15.9 Å². The van der Waals surface area contributed by atoms with E-state index in [2.05, 4.69) is 41.1 Å². The van der Waals surface area contributed by atoms with Gasteiger partial charge in [-0.25, -0.2) is 0 Å². The van der Waals surface area contributed by atoms with Gasteiger partial charge in [0.15, 0.2) is 0 Å². The average molecular weight is 305 g/mol. The molecule has 0 saturated heterocycles. The van der Waals surface area contributed by atoms with Crippen LogP contribution in [0, 0.1) is 6.92 Å². The Kier molecular flexibility index (Phi) is 4.43. The van der Waals surface area contributed by atoms with Crippen molar-refractivity contribution in [3.63, 3.8) is 0 Å². The number of alkyl halides is 1. The van der Waals surface area contributed by atoms with Crippen LogP contribution in [0.3, 0.4) is 0 Å². The van der Waals surface area contributed by atoms with Crippen molar-refractivity contribution in [2.45, 2.75) is 19.3 Å². The average Bonchev–Trinajstić information content (AvgIpc) is 2.40. The topological polar surface area (TPSA) is 20.2 Å². The Balaban J connectivity index is 2.44. The first-order chi connectivity index (χ1) is 8.72. The summed E-state index contributed by atoms with van der Waals surface area (Å²) in [4.78, 5) is 0. The molecular formula is C16H17BrO. The van der Waals surface area contributed by atoms with Gasteiger partial charge in [0.05, 0.1) is 0 Å². The van der Waals surface area contributed by atoms with Gasteiger partial charge in [0.1, 0.15) is 5.75 Å². The zero-order chi connectivity index (χ0) is 13.0. The summed E-state index contributed by atoms with van der Waals surface area (Å²) in [6.07, 6.45) is 0.973. The minimum absolute atomic E-state index is 0.241. The number of hydrogen-bond donors (Lipinski definition) is 1. The highest BCUT2D eigenvalue weighted by molar-refractivity contribution is 9.09. The van der Waals surface area contributed by atoms with Gasteiger partial charge >= 0.3 is 0 Å². The second kappa shape index (κ2) is 6.05. The second-order valence-corrected chi connectivity index (χ2v) is 5.30. The van der Waals surface area contributed by atoms with Gasteiger partial charge in [0, 0.05) is 16.8 Å². The zero-order valence-corrected chi connectivity index (χ0v) is 12.0. The Morgan fingerprint density at radius 1 is 1.11 bits per heavy atom. The smallest absolute Gasteiger partial charge is 0.119 e. The molecule has 0 aliphatic carbocycles. The Bertz CT molecular complexity index is 508. The minimum atomic E-state index is 0.241. The van der Waals surface area contributed by atoms with Crippen molar-refractivity contribution in [1.29, 1.82) is 0 Å². The van der Waals surface area contributed by atoms with E-state index in [1.165, 1.54) is 11.1 Å². The molecule has 94 valence electrons. The van der Waals surface area contributed by atoms with Crippen LogP contribution in [0.2, 0.25) is 0 Å². The van der Waals surface area contributed by atoms with Crippen LogP contribution >= 0.6 is 15.9 Å². The van der Waals surface area contributed by atoms with E-state index in [0.29, 0.717) is 5.75 Å². The fourth-order valence-electron chi connectivity index (χ4n) is 2.25. The summed E-state index contributed by atoms with van der Waals surface area (Å²) < 4.78 is 0. The molecule has 1 atom stereocenters. The largest absolute Gasteiger partial charge is 0.508 e. The van der Waals surface area contributed by atoms with Gasteiger partial charge in [-0.2, -0.15) is 0 Å².